The van der Waals surface area contributed by atoms with Gasteiger partial charge in [0, 0.05) is 5.56 Å². The maximum absolute atomic E-state index is 13.0. The molecule has 1 unspecified atom stereocenters. The van der Waals surface area contributed by atoms with Crippen molar-refractivity contribution in [3.63, 3.8) is 0 Å². The highest BCUT2D eigenvalue weighted by Crippen LogP contribution is 2.39. The van der Waals surface area contributed by atoms with Crippen LogP contribution in [0.15, 0.2) is 29.4 Å². The minimum atomic E-state index is -0.826. The number of nitrogens with one attached hydrogen (secondary N) is 1. The summed E-state index contributed by atoms with van der Waals surface area (Å²) < 4.78 is 14.3. The Morgan fingerprint density at radius 3 is 2.76 bits per heavy atom. The molecule has 0 saturated heterocycles. The van der Waals surface area contributed by atoms with Crippen LogP contribution < -0.4 is 11.2 Å². The lowest BCUT2D eigenvalue weighted by Gasteiger charge is -2.22. The predicted octanol–water partition coefficient (Wildman–Crippen LogP) is 1.70. The number of nitrogen functional groups attached to an aromatic ring is 1. The molecule has 1 saturated carbocycles. The van der Waals surface area contributed by atoms with E-state index in [1.165, 1.54) is 16.8 Å². The standard InChI is InChI=1S/C16H17FN6OS/c1-16(9-18,11-4-5-11)20-13(24)8-25-15-22-21-14(23(15)19)10-2-6-12(17)7-3-10/h2-3,6-7,11H,4-5,8,19H2,1H3,(H,20,24). The summed E-state index contributed by atoms with van der Waals surface area (Å²) in [5.41, 5.74) is -0.202. The maximum Gasteiger partial charge on any atom is 0.231 e. The van der Waals surface area contributed by atoms with E-state index in [1.54, 1.807) is 19.1 Å². The molecule has 25 heavy (non-hydrogen) atoms. The van der Waals surface area contributed by atoms with Crippen LogP contribution in [0.2, 0.25) is 0 Å². The van der Waals surface area contributed by atoms with E-state index in [0.717, 1.165) is 24.6 Å². The van der Waals surface area contributed by atoms with Gasteiger partial charge in [-0.1, -0.05) is 11.8 Å². The Balaban J connectivity index is 1.63. The van der Waals surface area contributed by atoms with Gasteiger partial charge in [0.15, 0.2) is 5.82 Å². The molecule has 0 spiro atoms. The molecule has 3 N–H and O–H groups in total. The van der Waals surface area contributed by atoms with E-state index in [9.17, 15) is 14.4 Å². The average molecular weight is 360 g/mol. The van der Waals surface area contributed by atoms with Gasteiger partial charge in [0.1, 0.15) is 11.4 Å². The molecular weight excluding hydrogens is 343 g/mol. The van der Waals surface area contributed by atoms with Crippen LogP contribution in [0, 0.1) is 23.1 Å². The summed E-state index contributed by atoms with van der Waals surface area (Å²) in [4.78, 5) is 12.1. The Hall–Kier alpha value is -2.60. The van der Waals surface area contributed by atoms with E-state index in [2.05, 4.69) is 21.6 Å². The van der Waals surface area contributed by atoms with Crippen molar-refractivity contribution in [2.75, 3.05) is 11.6 Å². The molecule has 0 aliphatic heterocycles. The van der Waals surface area contributed by atoms with E-state index in [0.29, 0.717) is 16.5 Å². The second-order valence-electron chi connectivity index (χ2n) is 6.11. The van der Waals surface area contributed by atoms with Crippen molar-refractivity contribution in [2.45, 2.75) is 30.5 Å². The van der Waals surface area contributed by atoms with Crippen molar-refractivity contribution in [1.82, 2.24) is 20.2 Å². The number of hydrogen-bond acceptors (Lipinski definition) is 6. The summed E-state index contributed by atoms with van der Waals surface area (Å²) >= 11 is 1.13. The molecule has 130 valence electrons. The average Bonchev–Trinajstić information content (AvgIpc) is 3.39. The Morgan fingerprint density at radius 1 is 1.48 bits per heavy atom. The van der Waals surface area contributed by atoms with Crippen LogP contribution in [-0.2, 0) is 4.79 Å². The molecule has 2 aromatic rings. The number of benzene rings is 1. The fraction of sp³-hybridized carbons (Fsp3) is 0.375. The zero-order valence-corrected chi connectivity index (χ0v) is 14.4. The molecule has 7 nitrogen and oxygen atoms in total. The molecule has 0 bridgehead atoms. The van der Waals surface area contributed by atoms with Gasteiger partial charge in [0.2, 0.25) is 11.1 Å². The normalized spacial score (nSPS) is 16.0. The summed E-state index contributed by atoms with van der Waals surface area (Å²) in [6.45, 7) is 1.74. The highest BCUT2D eigenvalue weighted by atomic mass is 32.2. The first-order valence-electron chi connectivity index (χ1n) is 7.74. The van der Waals surface area contributed by atoms with Crippen LogP contribution in [0.5, 0.6) is 0 Å². The molecule has 1 amide bonds. The molecule has 1 heterocycles. The number of amides is 1. The molecule has 9 heteroatoms. The van der Waals surface area contributed by atoms with Crippen molar-refractivity contribution >= 4 is 17.7 Å². The van der Waals surface area contributed by atoms with Gasteiger partial charge >= 0.3 is 0 Å². The second kappa shape index (κ2) is 6.72. The van der Waals surface area contributed by atoms with Gasteiger partial charge in [-0.25, -0.2) is 9.07 Å². The summed E-state index contributed by atoms with van der Waals surface area (Å²) in [6.07, 6.45) is 1.91. The maximum atomic E-state index is 13.0. The summed E-state index contributed by atoms with van der Waals surface area (Å²) in [5, 5.41) is 20.4. The number of thioether (sulfide) groups is 1. The molecule has 1 aliphatic rings. The van der Waals surface area contributed by atoms with Gasteiger partial charge in [-0.3, -0.25) is 4.79 Å². The minimum Gasteiger partial charge on any atom is -0.337 e. The number of aromatic nitrogens is 3. The third-order valence-corrected chi connectivity index (χ3v) is 5.07. The molecule has 1 fully saturated rings. The van der Waals surface area contributed by atoms with Crippen molar-refractivity contribution in [3.05, 3.63) is 30.1 Å². The van der Waals surface area contributed by atoms with Gasteiger partial charge in [0.25, 0.3) is 0 Å². The highest BCUT2D eigenvalue weighted by molar-refractivity contribution is 7.99. The third-order valence-electron chi connectivity index (χ3n) is 4.12. The molecule has 1 atom stereocenters. The van der Waals surface area contributed by atoms with Crippen LogP contribution in [-0.4, -0.2) is 32.1 Å². The van der Waals surface area contributed by atoms with E-state index in [1.807, 2.05) is 0 Å². The Labute approximate surface area is 148 Å². The molecule has 1 aromatic heterocycles. The number of nitriles is 1. The molecule has 1 aromatic carbocycles. The molecular formula is C16H17FN6OS. The van der Waals surface area contributed by atoms with Crippen LogP contribution >= 0.6 is 11.8 Å². The first-order chi connectivity index (χ1) is 11.9. The van der Waals surface area contributed by atoms with Gasteiger partial charge in [-0.15, -0.1) is 10.2 Å². The Kier molecular flexibility index (Phi) is 4.63. The SMILES string of the molecule is CC(C#N)(NC(=O)CSc1nnc(-c2ccc(F)cc2)n1N)C1CC1. The number of nitrogens with zero attached hydrogens (tertiary/aromatic N) is 4. The predicted molar refractivity (Wildman–Crippen MR) is 91.2 cm³/mol. The lowest BCUT2D eigenvalue weighted by atomic mass is 9.98. The zero-order chi connectivity index (χ0) is 18.0. The van der Waals surface area contributed by atoms with E-state index in [4.69, 9.17) is 5.84 Å². The van der Waals surface area contributed by atoms with Crippen molar-refractivity contribution in [2.24, 2.45) is 5.92 Å². The third kappa shape index (κ3) is 3.74. The topological polar surface area (TPSA) is 110 Å². The van der Waals surface area contributed by atoms with Gasteiger partial charge in [-0.2, -0.15) is 5.26 Å². The summed E-state index contributed by atoms with van der Waals surface area (Å²) in [5.74, 6) is 6.02. The fourth-order valence-corrected chi connectivity index (χ4v) is 3.17. The number of hydrogen-bond donors (Lipinski definition) is 2. The van der Waals surface area contributed by atoms with E-state index < -0.39 is 5.54 Å². The Morgan fingerprint density at radius 2 is 2.16 bits per heavy atom. The lowest BCUT2D eigenvalue weighted by molar-refractivity contribution is -0.119. The highest BCUT2D eigenvalue weighted by Gasteiger charge is 2.42. The first-order valence-corrected chi connectivity index (χ1v) is 8.73. The number of nitrogens with two attached hydrogens (primary N) is 1. The number of rotatable bonds is 6. The molecule has 1 aliphatic carbocycles. The van der Waals surface area contributed by atoms with Crippen LogP contribution in [0.25, 0.3) is 11.4 Å². The van der Waals surface area contributed by atoms with E-state index >= 15 is 0 Å². The van der Waals surface area contributed by atoms with Crippen LogP contribution in [0.1, 0.15) is 19.8 Å². The zero-order valence-electron chi connectivity index (χ0n) is 13.6. The smallest absolute Gasteiger partial charge is 0.231 e. The summed E-state index contributed by atoms with van der Waals surface area (Å²) in [6, 6.07) is 7.91. The quantitative estimate of drug-likeness (QED) is 0.599. The fourth-order valence-electron chi connectivity index (χ4n) is 2.51. The Bertz CT molecular complexity index is 826. The van der Waals surface area contributed by atoms with Crippen molar-refractivity contribution < 1.29 is 9.18 Å². The van der Waals surface area contributed by atoms with Crippen LogP contribution in [0.3, 0.4) is 0 Å². The van der Waals surface area contributed by atoms with E-state index in [-0.39, 0.29) is 23.4 Å². The molecule has 0 radical (unpaired) electrons. The number of halogens is 1. The second-order valence-corrected chi connectivity index (χ2v) is 7.05. The van der Waals surface area contributed by atoms with Gasteiger partial charge in [0.05, 0.1) is 11.8 Å². The van der Waals surface area contributed by atoms with Crippen molar-refractivity contribution in [3.8, 4) is 17.5 Å². The largest absolute Gasteiger partial charge is 0.337 e. The number of carbonyl (C=O) groups excluding carboxylic acids is 1. The minimum absolute atomic E-state index is 0.0722. The van der Waals surface area contributed by atoms with Gasteiger partial charge in [-0.05, 0) is 49.9 Å². The lowest BCUT2D eigenvalue weighted by Crippen LogP contribution is -2.47. The molecule has 3 rings (SSSR count). The first kappa shape index (κ1) is 17.2. The van der Waals surface area contributed by atoms with Crippen LogP contribution in [0.4, 0.5) is 4.39 Å². The number of carbonyl (C=O) groups is 1. The van der Waals surface area contributed by atoms with Crippen molar-refractivity contribution in [1.29, 1.82) is 5.26 Å². The monoisotopic (exact) mass is 360 g/mol. The van der Waals surface area contributed by atoms with Gasteiger partial charge < -0.3 is 11.2 Å². The summed E-state index contributed by atoms with van der Waals surface area (Å²) in [7, 11) is 0.